The molecular formula is C11H13N3O2. The molecule has 0 radical (unpaired) electrons. The molecule has 84 valence electrons. The van der Waals surface area contributed by atoms with Crippen LogP contribution >= 0.6 is 0 Å². The number of amides is 2. The van der Waals surface area contributed by atoms with E-state index in [4.69, 9.17) is 0 Å². The molecule has 1 aliphatic heterocycles. The lowest BCUT2D eigenvalue weighted by Gasteiger charge is -2.24. The Kier molecular flexibility index (Phi) is 1.99. The van der Waals surface area contributed by atoms with Crippen LogP contribution in [0.4, 0.5) is 0 Å². The van der Waals surface area contributed by atoms with Crippen LogP contribution in [0.5, 0.6) is 0 Å². The Hall–Kier alpha value is -1.78. The molecule has 2 amide bonds. The average Bonchev–Trinajstić information content (AvgIpc) is 2.94. The number of hydrogen-bond acceptors (Lipinski definition) is 2. The van der Waals surface area contributed by atoms with Gasteiger partial charge >= 0.3 is 0 Å². The lowest BCUT2D eigenvalue weighted by molar-refractivity contribution is -0.123. The summed E-state index contributed by atoms with van der Waals surface area (Å²) in [7, 11) is 0. The minimum Gasteiger partial charge on any atom is -0.352 e. The number of aromatic nitrogens is 1. The SMILES string of the molecule is O=C1NC(C(=O)NC2CC2)Cn2cccc21. The van der Waals surface area contributed by atoms with Crippen molar-refractivity contribution in [2.45, 2.75) is 31.5 Å². The van der Waals surface area contributed by atoms with Crippen LogP contribution in [0.2, 0.25) is 0 Å². The van der Waals surface area contributed by atoms with Gasteiger partial charge in [0.15, 0.2) is 0 Å². The van der Waals surface area contributed by atoms with E-state index in [0.717, 1.165) is 12.8 Å². The summed E-state index contributed by atoms with van der Waals surface area (Å²) in [6, 6.07) is 3.46. The third-order valence-corrected chi connectivity index (χ3v) is 2.99. The molecule has 1 atom stereocenters. The molecule has 0 aromatic carbocycles. The maximum Gasteiger partial charge on any atom is 0.268 e. The zero-order valence-electron chi connectivity index (χ0n) is 8.77. The summed E-state index contributed by atoms with van der Waals surface area (Å²) in [5.41, 5.74) is 0.621. The number of carbonyl (C=O) groups excluding carboxylic acids is 2. The monoisotopic (exact) mass is 219 g/mol. The zero-order chi connectivity index (χ0) is 11.1. The van der Waals surface area contributed by atoms with Crippen LogP contribution < -0.4 is 10.6 Å². The molecule has 1 aromatic rings. The van der Waals surface area contributed by atoms with E-state index in [1.807, 2.05) is 16.8 Å². The van der Waals surface area contributed by atoms with Crippen LogP contribution in [0.15, 0.2) is 18.3 Å². The Balaban J connectivity index is 1.75. The summed E-state index contributed by atoms with van der Waals surface area (Å²) in [5.74, 6) is -0.248. The van der Waals surface area contributed by atoms with Gasteiger partial charge in [-0.25, -0.2) is 0 Å². The molecule has 0 saturated heterocycles. The van der Waals surface area contributed by atoms with E-state index in [0.29, 0.717) is 18.3 Å². The van der Waals surface area contributed by atoms with Gasteiger partial charge in [0, 0.05) is 12.2 Å². The third kappa shape index (κ3) is 1.58. The molecule has 0 spiro atoms. The van der Waals surface area contributed by atoms with Crippen LogP contribution in [-0.2, 0) is 11.3 Å². The number of fused-ring (bicyclic) bond motifs is 1. The quantitative estimate of drug-likeness (QED) is 0.728. The van der Waals surface area contributed by atoms with Crippen molar-refractivity contribution in [2.24, 2.45) is 0 Å². The van der Waals surface area contributed by atoms with Gasteiger partial charge in [0.25, 0.3) is 5.91 Å². The fraction of sp³-hybridized carbons (Fsp3) is 0.455. The van der Waals surface area contributed by atoms with Crippen LogP contribution in [0, 0.1) is 0 Å². The van der Waals surface area contributed by atoms with Crippen molar-refractivity contribution in [3.63, 3.8) is 0 Å². The Labute approximate surface area is 92.8 Å². The van der Waals surface area contributed by atoms with Gasteiger partial charge in [-0.1, -0.05) is 0 Å². The zero-order valence-corrected chi connectivity index (χ0v) is 8.77. The topological polar surface area (TPSA) is 63.1 Å². The normalized spacial score (nSPS) is 23.5. The Morgan fingerprint density at radius 1 is 1.50 bits per heavy atom. The van der Waals surface area contributed by atoms with E-state index in [1.54, 1.807) is 6.07 Å². The van der Waals surface area contributed by atoms with Gasteiger partial charge in [0.2, 0.25) is 5.91 Å². The maximum absolute atomic E-state index is 11.8. The predicted molar refractivity (Wildman–Crippen MR) is 56.9 cm³/mol. The summed E-state index contributed by atoms with van der Waals surface area (Å²) in [5, 5.41) is 5.62. The van der Waals surface area contributed by atoms with Crippen molar-refractivity contribution in [3.05, 3.63) is 24.0 Å². The molecule has 1 aliphatic carbocycles. The molecule has 1 fully saturated rings. The first kappa shape index (κ1) is 9.45. The Bertz CT molecular complexity index is 448. The Morgan fingerprint density at radius 2 is 2.31 bits per heavy atom. The fourth-order valence-electron chi connectivity index (χ4n) is 1.93. The van der Waals surface area contributed by atoms with E-state index in [-0.39, 0.29) is 11.8 Å². The highest BCUT2D eigenvalue weighted by Gasteiger charge is 2.31. The van der Waals surface area contributed by atoms with E-state index in [1.165, 1.54) is 0 Å². The molecule has 1 saturated carbocycles. The van der Waals surface area contributed by atoms with Crippen molar-refractivity contribution >= 4 is 11.8 Å². The summed E-state index contributed by atoms with van der Waals surface area (Å²) >= 11 is 0. The van der Waals surface area contributed by atoms with Gasteiger partial charge in [-0.2, -0.15) is 0 Å². The summed E-state index contributed by atoms with van der Waals surface area (Å²) in [6.45, 7) is 0.520. The van der Waals surface area contributed by atoms with Gasteiger partial charge in [0.1, 0.15) is 11.7 Å². The highest BCUT2D eigenvalue weighted by Crippen LogP contribution is 2.19. The molecule has 1 aromatic heterocycles. The number of nitrogens with zero attached hydrogens (tertiary/aromatic N) is 1. The summed E-state index contributed by atoms with van der Waals surface area (Å²) < 4.78 is 1.82. The second-order valence-electron chi connectivity index (χ2n) is 4.35. The van der Waals surface area contributed by atoms with E-state index in [2.05, 4.69) is 10.6 Å². The van der Waals surface area contributed by atoms with Crippen LogP contribution in [0.25, 0.3) is 0 Å². The predicted octanol–water partition coefficient (Wildman–Crippen LogP) is -0.121. The minimum absolute atomic E-state index is 0.0739. The summed E-state index contributed by atoms with van der Waals surface area (Å²) in [6.07, 6.45) is 3.94. The third-order valence-electron chi connectivity index (χ3n) is 2.99. The number of nitrogens with one attached hydrogen (secondary N) is 2. The highest BCUT2D eigenvalue weighted by molar-refractivity contribution is 5.97. The lowest BCUT2D eigenvalue weighted by Crippen LogP contribution is -2.52. The first-order chi connectivity index (χ1) is 7.74. The maximum atomic E-state index is 11.8. The lowest BCUT2D eigenvalue weighted by atomic mass is 10.2. The molecule has 5 heteroatoms. The number of rotatable bonds is 2. The second-order valence-corrected chi connectivity index (χ2v) is 4.35. The highest BCUT2D eigenvalue weighted by atomic mass is 16.2. The summed E-state index contributed by atoms with van der Waals surface area (Å²) in [4.78, 5) is 23.4. The van der Waals surface area contributed by atoms with Crippen molar-refractivity contribution in [1.29, 1.82) is 0 Å². The molecule has 5 nitrogen and oxygen atoms in total. The van der Waals surface area contributed by atoms with Crippen molar-refractivity contribution in [1.82, 2.24) is 15.2 Å². The molecule has 2 N–H and O–H groups in total. The van der Waals surface area contributed by atoms with Gasteiger partial charge in [-0.15, -0.1) is 0 Å². The standard InChI is InChI=1S/C11H13N3O2/c15-10(12-7-3-4-7)8-6-14-5-1-2-9(14)11(16)13-8/h1-2,5,7-8H,3-4,6H2,(H,12,15)(H,13,16). The molecule has 2 aliphatic rings. The fourth-order valence-corrected chi connectivity index (χ4v) is 1.93. The van der Waals surface area contributed by atoms with E-state index < -0.39 is 6.04 Å². The molecular weight excluding hydrogens is 206 g/mol. The Morgan fingerprint density at radius 3 is 3.06 bits per heavy atom. The average molecular weight is 219 g/mol. The van der Waals surface area contributed by atoms with E-state index >= 15 is 0 Å². The van der Waals surface area contributed by atoms with Gasteiger partial charge in [-0.05, 0) is 25.0 Å². The molecule has 16 heavy (non-hydrogen) atoms. The van der Waals surface area contributed by atoms with Crippen LogP contribution in [0.1, 0.15) is 23.3 Å². The van der Waals surface area contributed by atoms with Crippen molar-refractivity contribution < 1.29 is 9.59 Å². The van der Waals surface area contributed by atoms with Gasteiger partial charge in [-0.3, -0.25) is 9.59 Å². The smallest absolute Gasteiger partial charge is 0.268 e. The van der Waals surface area contributed by atoms with E-state index in [9.17, 15) is 9.59 Å². The molecule has 3 rings (SSSR count). The number of carbonyl (C=O) groups is 2. The van der Waals surface area contributed by atoms with Gasteiger partial charge < -0.3 is 15.2 Å². The van der Waals surface area contributed by atoms with Crippen molar-refractivity contribution in [2.75, 3.05) is 0 Å². The minimum atomic E-state index is -0.437. The first-order valence-corrected chi connectivity index (χ1v) is 5.50. The van der Waals surface area contributed by atoms with Crippen molar-refractivity contribution in [3.8, 4) is 0 Å². The molecule has 2 heterocycles. The molecule has 1 unspecified atom stereocenters. The molecule has 0 bridgehead atoms. The largest absolute Gasteiger partial charge is 0.352 e. The van der Waals surface area contributed by atoms with Gasteiger partial charge in [0.05, 0.1) is 6.54 Å². The van der Waals surface area contributed by atoms with Crippen LogP contribution in [-0.4, -0.2) is 28.5 Å². The van der Waals surface area contributed by atoms with Crippen LogP contribution in [0.3, 0.4) is 0 Å². The second kappa shape index (κ2) is 3.37. The first-order valence-electron chi connectivity index (χ1n) is 5.50. The number of hydrogen-bond donors (Lipinski definition) is 2.